The number of fused-ring (bicyclic) bond motifs is 1. The van der Waals surface area contributed by atoms with Gasteiger partial charge in [-0.2, -0.15) is 0 Å². The van der Waals surface area contributed by atoms with E-state index in [0.29, 0.717) is 0 Å². The van der Waals surface area contributed by atoms with Crippen LogP contribution in [0.4, 0.5) is 10.8 Å². The number of rotatable bonds is 3. The lowest BCUT2D eigenvalue weighted by Crippen LogP contribution is -2.05. The molecule has 0 bridgehead atoms. The minimum atomic E-state index is -0.00432. The fraction of sp³-hybridized carbons (Fsp3) is 0.400. The summed E-state index contributed by atoms with van der Waals surface area (Å²) in [6.45, 7) is 1.96. The normalized spacial score (nSPS) is 15.9. The lowest BCUT2D eigenvalue weighted by Gasteiger charge is -2.16. The average molecular weight is 273 g/mol. The highest BCUT2D eigenvalue weighted by molar-refractivity contribution is 7.13. The molecule has 1 heterocycles. The number of nitrogens with one attached hydrogen (secondary N) is 1. The third-order valence-electron chi connectivity index (χ3n) is 3.59. The molecule has 1 unspecified atom stereocenters. The first kappa shape index (κ1) is 12.6. The summed E-state index contributed by atoms with van der Waals surface area (Å²) in [6, 6.07) is 6.66. The number of aryl methyl sites for hydroxylation is 2. The Morgan fingerprint density at radius 2 is 2.05 bits per heavy atom. The van der Waals surface area contributed by atoms with E-state index in [4.69, 9.17) is 5.73 Å². The van der Waals surface area contributed by atoms with Gasteiger partial charge in [-0.15, -0.1) is 11.3 Å². The highest BCUT2D eigenvalue weighted by Crippen LogP contribution is 2.27. The van der Waals surface area contributed by atoms with Crippen LogP contribution in [0.1, 0.15) is 42.6 Å². The van der Waals surface area contributed by atoms with Crippen molar-refractivity contribution in [2.75, 3.05) is 5.32 Å². The largest absolute Gasteiger partial charge is 0.332 e. The number of anilines is 2. The first-order chi connectivity index (χ1) is 9.22. The Bertz CT molecular complexity index is 575. The standard InChI is InChI=1S/C15H19N3S/c1-10(16)14-9-19-15(18-14)17-13-7-6-11-4-2-3-5-12(11)8-13/h6-10H,2-5,16H2,1H3,(H,17,18). The van der Waals surface area contributed by atoms with Gasteiger partial charge in [0.2, 0.25) is 0 Å². The van der Waals surface area contributed by atoms with Crippen molar-refractivity contribution < 1.29 is 0 Å². The maximum Gasteiger partial charge on any atom is 0.187 e. The number of nitrogens with two attached hydrogens (primary N) is 1. The van der Waals surface area contributed by atoms with E-state index in [9.17, 15) is 0 Å². The van der Waals surface area contributed by atoms with Gasteiger partial charge in [-0.25, -0.2) is 4.98 Å². The van der Waals surface area contributed by atoms with Gasteiger partial charge in [0.15, 0.2) is 5.13 Å². The second kappa shape index (κ2) is 5.31. The van der Waals surface area contributed by atoms with Gasteiger partial charge in [0.05, 0.1) is 5.69 Å². The predicted molar refractivity (Wildman–Crippen MR) is 81.1 cm³/mol. The van der Waals surface area contributed by atoms with E-state index in [1.54, 1.807) is 11.3 Å². The van der Waals surface area contributed by atoms with E-state index in [1.165, 1.54) is 36.8 Å². The van der Waals surface area contributed by atoms with E-state index in [1.807, 2.05) is 12.3 Å². The summed E-state index contributed by atoms with van der Waals surface area (Å²) >= 11 is 1.61. The summed E-state index contributed by atoms with van der Waals surface area (Å²) < 4.78 is 0. The van der Waals surface area contributed by atoms with Crippen LogP contribution in [0.2, 0.25) is 0 Å². The highest BCUT2D eigenvalue weighted by atomic mass is 32.1. The predicted octanol–water partition coefficient (Wildman–Crippen LogP) is 3.79. The molecule has 1 aliphatic rings. The van der Waals surface area contributed by atoms with Gasteiger partial charge in [-0.1, -0.05) is 6.07 Å². The number of hydrogen-bond donors (Lipinski definition) is 2. The first-order valence-electron chi connectivity index (χ1n) is 6.82. The third kappa shape index (κ3) is 2.80. The Morgan fingerprint density at radius 1 is 1.26 bits per heavy atom. The molecular formula is C15H19N3S. The second-order valence-corrected chi connectivity index (χ2v) is 6.04. The zero-order chi connectivity index (χ0) is 13.2. The molecule has 0 saturated carbocycles. The molecule has 3 N–H and O–H groups in total. The monoisotopic (exact) mass is 273 g/mol. The Labute approximate surface area is 117 Å². The lowest BCUT2D eigenvalue weighted by molar-refractivity contribution is 0.686. The van der Waals surface area contributed by atoms with Gasteiger partial charge < -0.3 is 11.1 Å². The number of benzene rings is 1. The summed E-state index contributed by atoms with van der Waals surface area (Å²) in [5.41, 5.74) is 10.9. The lowest BCUT2D eigenvalue weighted by atomic mass is 9.91. The van der Waals surface area contributed by atoms with Crippen LogP contribution in [-0.2, 0) is 12.8 Å². The van der Waals surface area contributed by atoms with Crippen LogP contribution in [0.25, 0.3) is 0 Å². The Morgan fingerprint density at radius 3 is 2.79 bits per heavy atom. The molecule has 3 nitrogen and oxygen atoms in total. The smallest absolute Gasteiger partial charge is 0.187 e. The maximum absolute atomic E-state index is 5.83. The zero-order valence-corrected chi connectivity index (χ0v) is 12.0. The van der Waals surface area contributed by atoms with Crippen molar-refractivity contribution in [1.29, 1.82) is 0 Å². The van der Waals surface area contributed by atoms with Gasteiger partial charge in [-0.3, -0.25) is 0 Å². The van der Waals surface area contributed by atoms with Crippen molar-refractivity contribution in [3.8, 4) is 0 Å². The van der Waals surface area contributed by atoms with Crippen LogP contribution >= 0.6 is 11.3 Å². The first-order valence-corrected chi connectivity index (χ1v) is 7.70. The number of thiazole rings is 1. The van der Waals surface area contributed by atoms with E-state index < -0.39 is 0 Å². The molecule has 0 spiro atoms. The molecule has 1 aromatic heterocycles. The number of aromatic nitrogens is 1. The Balaban J connectivity index is 1.78. The third-order valence-corrected chi connectivity index (χ3v) is 4.36. The topological polar surface area (TPSA) is 50.9 Å². The minimum absolute atomic E-state index is 0.00432. The van der Waals surface area contributed by atoms with E-state index in [-0.39, 0.29) is 6.04 Å². The van der Waals surface area contributed by atoms with Crippen molar-refractivity contribution in [3.05, 3.63) is 40.4 Å². The Kier molecular flexibility index (Phi) is 3.53. The SMILES string of the molecule is CC(N)c1csc(Nc2ccc3c(c2)CCCC3)n1. The minimum Gasteiger partial charge on any atom is -0.332 e. The van der Waals surface area contributed by atoms with Crippen LogP contribution in [0.15, 0.2) is 23.6 Å². The molecule has 0 aliphatic heterocycles. The summed E-state index contributed by atoms with van der Waals surface area (Å²) in [7, 11) is 0. The van der Waals surface area contributed by atoms with E-state index in [0.717, 1.165) is 16.5 Å². The van der Waals surface area contributed by atoms with Gasteiger partial charge in [0.25, 0.3) is 0 Å². The summed E-state index contributed by atoms with van der Waals surface area (Å²) in [5.74, 6) is 0. The van der Waals surface area contributed by atoms with Crippen LogP contribution < -0.4 is 11.1 Å². The van der Waals surface area contributed by atoms with Crippen molar-refractivity contribution in [3.63, 3.8) is 0 Å². The fourth-order valence-electron chi connectivity index (χ4n) is 2.49. The highest BCUT2D eigenvalue weighted by Gasteiger charge is 2.10. The second-order valence-electron chi connectivity index (χ2n) is 5.18. The van der Waals surface area contributed by atoms with Gasteiger partial charge in [0, 0.05) is 17.1 Å². The zero-order valence-electron chi connectivity index (χ0n) is 11.1. The summed E-state index contributed by atoms with van der Waals surface area (Å²) in [6.07, 6.45) is 5.06. The van der Waals surface area contributed by atoms with E-state index >= 15 is 0 Å². The van der Waals surface area contributed by atoms with Crippen LogP contribution in [-0.4, -0.2) is 4.98 Å². The maximum atomic E-state index is 5.83. The van der Waals surface area contributed by atoms with Crippen molar-refractivity contribution in [1.82, 2.24) is 4.98 Å². The van der Waals surface area contributed by atoms with Gasteiger partial charge in [0.1, 0.15) is 0 Å². The molecule has 4 heteroatoms. The number of hydrogen-bond acceptors (Lipinski definition) is 4. The van der Waals surface area contributed by atoms with Crippen molar-refractivity contribution in [2.45, 2.75) is 38.6 Å². The molecule has 19 heavy (non-hydrogen) atoms. The molecule has 0 radical (unpaired) electrons. The molecule has 100 valence electrons. The Hall–Kier alpha value is -1.39. The molecule has 0 fully saturated rings. The molecule has 0 saturated heterocycles. The van der Waals surface area contributed by atoms with Gasteiger partial charge in [-0.05, 0) is 55.9 Å². The molecule has 1 aromatic carbocycles. The van der Waals surface area contributed by atoms with Crippen molar-refractivity contribution >= 4 is 22.2 Å². The summed E-state index contributed by atoms with van der Waals surface area (Å²) in [5, 5.41) is 6.32. The van der Waals surface area contributed by atoms with Crippen LogP contribution in [0, 0.1) is 0 Å². The quantitative estimate of drug-likeness (QED) is 0.894. The van der Waals surface area contributed by atoms with Crippen LogP contribution in [0.5, 0.6) is 0 Å². The van der Waals surface area contributed by atoms with Crippen molar-refractivity contribution in [2.24, 2.45) is 5.73 Å². The number of nitrogens with zero attached hydrogens (tertiary/aromatic N) is 1. The van der Waals surface area contributed by atoms with Gasteiger partial charge >= 0.3 is 0 Å². The molecule has 1 atom stereocenters. The molecule has 2 aromatic rings. The summed E-state index contributed by atoms with van der Waals surface area (Å²) in [4.78, 5) is 4.50. The average Bonchev–Trinajstić information content (AvgIpc) is 2.87. The molecular weight excluding hydrogens is 254 g/mol. The molecule has 0 amide bonds. The molecule has 3 rings (SSSR count). The van der Waals surface area contributed by atoms with Crippen LogP contribution in [0.3, 0.4) is 0 Å². The molecule has 1 aliphatic carbocycles. The van der Waals surface area contributed by atoms with E-state index in [2.05, 4.69) is 28.5 Å². The fourth-order valence-corrected chi connectivity index (χ4v) is 3.32.